The van der Waals surface area contributed by atoms with Gasteiger partial charge in [-0.15, -0.1) is 21.5 Å². The van der Waals surface area contributed by atoms with Gasteiger partial charge in [0, 0.05) is 23.0 Å². The Morgan fingerprint density at radius 3 is 2.54 bits per heavy atom. The zero-order chi connectivity index (χ0) is 25.1. The number of thiazole rings is 1. The third kappa shape index (κ3) is 6.04. The summed E-state index contributed by atoms with van der Waals surface area (Å²) < 4.78 is 7.93. The lowest BCUT2D eigenvalue weighted by Crippen LogP contribution is -2.14. The summed E-state index contributed by atoms with van der Waals surface area (Å²) >= 11 is 8.97. The maximum atomic E-state index is 12.5. The fourth-order valence-electron chi connectivity index (χ4n) is 3.51. The molecule has 1 N–H and O–H groups in total. The van der Waals surface area contributed by atoms with Crippen LogP contribution in [0.2, 0.25) is 5.02 Å². The van der Waals surface area contributed by atoms with Crippen molar-refractivity contribution in [2.75, 3.05) is 11.1 Å². The van der Waals surface area contributed by atoms with Gasteiger partial charge in [-0.1, -0.05) is 53.2 Å². The van der Waals surface area contributed by atoms with Crippen LogP contribution in [0.3, 0.4) is 0 Å². The number of halogens is 1. The first kappa shape index (κ1) is 25.2. The van der Waals surface area contributed by atoms with E-state index in [1.54, 1.807) is 0 Å². The number of carbonyl (C=O) groups is 1. The minimum Gasteiger partial charge on any atom is -0.483 e. The summed E-state index contributed by atoms with van der Waals surface area (Å²) in [5.41, 5.74) is 4.97. The lowest BCUT2D eigenvalue weighted by molar-refractivity contribution is -0.113. The van der Waals surface area contributed by atoms with Gasteiger partial charge in [-0.25, -0.2) is 4.98 Å². The van der Waals surface area contributed by atoms with Crippen LogP contribution in [0, 0.1) is 20.8 Å². The smallest absolute Gasteiger partial charge is 0.236 e. The highest BCUT2D eigenvalue weighted by Gasteiger charge is 2.19. The summed E-state index contributed by atoms with van der Waals surface area (Å²) in [7, 11) is 1.86. The van der Waals surface area contributed by atoms with Crippen LogP contribution < -0.4 is 10.1 Å². The first-order chi connectivity index (χ1) is 16.7. The van der Waals surface area contributed by atoms with Crippen molar-refractivity contribution in [2.24, 2.45) is 7.05 Å². The molecule has 4 aromatic rings. The molecule has 0 spiro atoms. The number of ether oxygens (including phenoxy) is 1. The van der Waals surface area contributed by atoms with Crippen LogP contribution in [-0.4, -0.2) is 31.4 Å². The summed E-state index contributed by atoms with van der Waals surface area (Å²) in [5, 5.41) is 15.3. The van der Waals surface area contributed by atoms with Crippen molar-refractivity contribution in [1.82, 2.24) is 19.7 Å². The molecule has 0 fully saturated rings. The Kier molecular flexibility index (Phi) is 7.78. The number of nitrogens with one attached hydrogen (secondary N) is 1. The third-order valence-electron chi connectivity index (χ3n) is 5.39. The maximum absolute atomic E-state index is 12.5. The van der Waals surface area contributed by atoms with Crippen LogP contribution in [0.25, 0.3) is 11.3 Å². The zero-order valence-corrected chi connectivity index (χ0v) is 22.5. The molecule has 0 saturated heterocycles. The van der Waals surface area contributed by atoms with Crippen LogP contribution in [-0.2, 0) is 11.8 Å². The summed E-state index contributed by atoms with van der Waals surface area (Å²) in [4.78, 5) is 17.0. The number of hydrogen-bond acceptors (Lipinski definition) is 7. The fraction of sp³-hybridized carbons (Fsp3) is 0.280. The van der Waals surface area contributed by atoms with Gasteiger partial charge in [0.15, 0.2) is 22.2 Å². The number of thioether (sulfide) groups is 1. The quantitative estimate of drug-likeness (QED) is 0.267. The van der Waals surface area contributed by atoms with Crippen molar-refractivity contribution in [3.8, 4) is 17.0 Å². The predicted molar refractivity (Wildman–Crippen MR) is 143 cm³/mol. The molecule has 0 aliphatic carbocycles. The molecule has 7 nitrogen and oxygen atoms in total. The highest BCUT2D eigenvalue weighted by Crippen LogP contribution is 2.30. The van der Waals surface area contributed by atoms with Gasteiger partial charge in [0.05, 0.1) is 11.4 Å². The van der Waals surface area contributed by atoms with Crippen LogP contribution in [0.1, 0.15) is 35.5 Å². The number of anilines is 1. The number of nitrogens with zero attached hydrogens (tertiary/aromatic N) is 4. The minimum atomic E-state index is -0.328. The number of amides is 1. The molecule has 10 heteroatoms. The normalized spacial score (nSPS) is 11.9. The van der Waals surface area contributed by atoms with E-state index >= 15 is 0 Å². The molecule has 4 rings (SSSR count). The second-order valence-electron chi connectivity index (χ2n) is 8.27. The second kappa shape index (κ2) is 10.8. The van der Waals surface area contributed by atoms with Crippen molar-refractivity contribution >= 4 is 45.7 Å². The maximum Gasteiger partial charge on any atom is 0.236 e. The minimum absolute atomic E-state index is 0.152. The topological polar surface area (TPSA) is 81.9 Å². The Hall–Kier alpha value is -2.88. The number of aryl methyl sites for hydroxylation is 3. The fourth-order valence-corrected chi connectivity index (χ4v) is 5.07. The molecule has 0 bridgehead atoms. The molecule has 182 valence electrons. The average molecular weight is 528 g/mol. The van der Waals surface area contributed by atoms with Gasteiger partial charge < -0.3 is 14.6 Å². The van der Waals surface area contributed by atoms with E-state index in [-0.39, 0.29) is 17.8 Å². The van der Waals surface area contributed by atoms with E-state index < -0.39 is 0 Å². The highest BCUT2D eigenvalue weighted by molar-refractivity contribution is 7.99. The number of carbonyl (C=O) groups excluding carboxylic acids is 1. The summed E-state index contributed by atoms with van der Waals surface area (Å²) in [6.45, 7) is 7.86. The molecule has 1 atom stereocenters. The Balaban J connectivity index is 1.34. The molecular formula is C25H26ClN5O2S2. The molecule has 0 saturated carbocycles. The molecular weight excluding hydrogens is 502 g/mol. The van der Waals surface area contributed by atoms with Crippen molar-refractivity contribution in [3.63, 3.8) is 0 Å². The molecule has 2 aromatic heterocycles. The lowest BCUT2D eigenvalue weighted by Gasteiger charge is -2.16. The van der Waals surface area contributed by atoms with Crippen LogP contribution in [0.15, 0.2) is 46.9 Å². The first-order valence-electron chi connectivity index (χ1n) is 11.0. The van der Waals surface area contributed by atoms with Gasteiger partial charge >= 0.3 is 0 Å². The van der Waals surface area contributed by atoms with Gasteiger partial charge in [-0.3, -0.25) is 4.79 Å². The van der Waals surface area contributed by atoms with Gasteiger partial charge in [0.1, 0.15) is 5.75 Å². The van der Waals surface area contributed by atoms with Crippen LogP contribution in [0.4, 0.5) is 5.13 Å². The summed E-state index contributed by atoms with van der Waals surface area (Å²) in [5.74, 6) is 1.43. The third-order valence-corrected chi connectivity index (χ3v) is 7.76. The number of aromatic nitrogens is 4. The predicted octanol–water partition coefficient (Wildman–Crippen LogP) is 6.39. The highest BCUT2D eigenvalue weighted by atomic mass is 35.5. The van der Waals surface area contributed by atoms with Crippen molar-refractivity contribution in [2.45, 2.75) is 39.0 Å². The summed E-state index contributed by atoms with van der Waals surface area (Å²) in [6.07, 6.45) is -0.328. The van der Waals surface area contributed by atoms with Gasteiger partial charge in [-0.2, -0.15) is 0 Å². The van der Waals surface area contributed by atoms with Gasteiger partial charge in [-0.05, 0) is 51.0 Å². The standard InChI is InChI=1S/C25H26ClN5O2S2/c1-14-6-8-18(9-7-14)20-12-34-24(27-20)28-21(32)13-35-25-30-29-23(31(25)5)17(4)33-19-10-15(2)22(26)16(3)11-19/h6-12,17H,13H2,1-5H3,(H,27,28,32). The molecule has 0 aliphatic heterocycles. The molecule has 1 amide bonds. The van der Waals surface area contributed by atoms with Crippen molar-refractivity contribution in [1.29, 1.82) is 0 Å². The lowest BCUT2D eigenvalue weighted by atomic mass is 10.1. The Morgan fingerprint density at radius 2 is 1.86 bits per heavy atom. The molecule has 1 unspecified atom stereocenters. The average Bonchev–Trinajstić information content (AvgIpc) is 3.43. The van der Waals surface area contributed by atoms with Crippen molar-refractivity contribution in [3.05, 3.63) is 69.3 Å². The SMILES string of the molecule is Cc1ccc(-c2csc(NC(=O)CSc3nnc(C(C)Oc4cc(C)c(Cl)c(C)c4)n3C)n2)cc1. The molecule has 2 heterocycles. The van der Waals surface area contributed by atoms with E-state index in [1.165, 1.54) is 28.7 Å². The van der Waals surface area contributed by atoms with E-state index in [4.69, 9.17) is 16.3 Å². The van der Waals surface area contributed by atoms with Crippen LogP contribution in [0.5, 0.6) is 5.75 Å². The number of rotatable bonds is 8. The number of hydrogen-bond donors (Lipinski definition) is 1. The van der Waals surface area contributed by atoms with Crippen LogP contribution >= 0.6 is 34.7 Å². The second-order valence-corrected chi connectivity index (χ2v) is 10.5. The Labute approximate surface area is 217 Å². The Morgan fingerprint density at radius 1 is 1.17 bits per heavy atom. The summed E-state index contributed by atoms with van der Waals surface area (Å²) in [6, 6.07) is 12.0. The van der Waals surface area contributed by atoms with E-state index in [0.717, 1.165) is 33.2 Å². The van der Waals surface area contributed by atoms with E-state index in [2.05, 4.69) is 20.5 Å². The number of benzene rings is 2. The van der Waals surface area contributed by atoms with E-state index in [9.17, 15) is 4.79 Å². The van der Waals surface area contributed by atoms with E-state index in [1.807, 2.05) is 81.1 Å². The molecule has 35 heavy (non-hydrogen) atoms. The van der Waals surface area contributed by atoms with Gasteiger partial charge in [0.2, 0.25) is 5.91 Å². The molecule has 0 aliphatic rings. The Bertz CT molecular complexity index is 1330. The molecule has 2 aromatic carbocycles. The van der Waals surface area contributed by atoms with Gasteiger partial charge in [0.25, 0.3) is 0 Å². The largest absolute Gasteiger partial charge is 0.483 e. The monoisotopic (exact) mass is 527 g/mol. The van der Waals surface area contributed by atoms with Crippen molar-refractivity contribution < 1.29 is 9.53 Å². The van der Waals surface area contributed by atoms with E-state index in [0.29, 0.717) is 16.1 Å². The molecule has 0 radical (unpaired) electrons. The zero-order valence-electron chi connectivity index (χ0n) is 20.1. The first-order valence-corrected chi connectivity index (χ1v) is 13.2.